The largest absolute Gasteiger partial charge is 0.481 e. The van der Waals surface area contributed by atoms with E-state index < -0.39 is 5.97 Å². The average Bonchev–Trinajstić information content (AvgIpc) is 2.56. The number of hydrogen-bond acceptors (Lipinski definition) is 3. The van der Waals surface area contributed by atoms with Crippen molar-refractivity contribution in [1.29, 1.82) is 0 Å². The summed E-state index contributed by atoms with van der Waals surface area (Å²) in [6.07, 6.45) is 2.51. The number of carboxylic acid groups (broad SMARTS) is 1. The summed E-state index contributed by atoms with van der Waals surface area (Å²) in [5.74, 6) is -0.996. The molecular formula is C18H23NO3. The molecule has 0 radical (unpaired) electrons. The van der Waals surface area contributed by atoms with Crippen LogP contribution in [-0.4, -0.2) is 47.8 Å². The van der Waals surface area contributed by atoms with Gasteiger partial charge in [0.2, 0.25) is 0 Å². The van der Waals surface area contributed by atoms with Gasteiger partial charge in [0.25, 0.3) is 0 Å². The van der Waals surface area contributed by atoms with Crippen LogP contribution in [0.15, 0.2) is 18.2 Å². The van der Waals surface area contributed by atoms with Crippen LogP contribution < -0.4 is 0 Å². The first-order valence-electron chi connectivity index (χ1n) is 8.04. The topological polar surface area (TPSA) is 49.8 Å². The van der Waals surface area contributed by atoms with Crippen molar-refractivity contribution in [2.75, 3.05) is 26.3 Å². The van der Waals surface area contributed by atoms with Crippen LogP contribution in [0.1, 0.15) is 37.7 Å². The van der Waals surface area contributed by atoms with Gasteiger partial charge in [-0.1, -0.05) is 18.2 Å². The number of carbonyl (C=O) groups is 1. The van der Waals surface area contributed by atoms with Crippen LogP contribution in [0.4, 0.5) is 0 Å². The van der Waals surface area contributed by atoms with Crippen molar-refractivity contribution in [3.63, 3.8) is 0 Å². The summed E-state index contributed by atoms with van der Waals surface area (Å²) in [7, 11) is 0. The smallest absolute Gasteiger partial charge is 0.307 e. The summed E-state index contributed by atoms with van der Waals surface area (Å²) < 4.78 is 5.46. The molecule has 4 heteroatoms. The molecule has 0 spiro atoms. The van der Waals surface area contributed by atoms with E-state index in [4.69, 9.17) is 4.74 Å². The van der Waals surface area contributed by atoms with Gasteiger partial charge in [-0.15, -0.1) is 0 Å². The van der Waals surface area contributed by atoms with Crippen LogP contribution in [0.3, 0.4) is 0 Å². The van der Waals surface area contributed by atoms with Gasteiger partial charge in [-0.2, -0.15) is 0 Å². The highest BCUT2D eigenvalue weighted by Gasteiger charge is 2.44. The van der Waals surface area contributed by atoms with Gasteiger partial charge >= 0.3 is 5.97 Å². The Morgan fingerprint density at radius 3 is 2.86 bits per heavy atom. The quantitative estimate of drug-likeness (QED) is 0.931. The monoisotopic (exact) mass is 301 g/mol. The lowest BCUT2D eigenvalue weighted by molar-refractivity contribution is -0.145. The van der Waals surface area contributed by atoms with E-state index in [1.54, 1.807) is 0 Å². The fraction of sp³-hybridized carbons (Fsp3) is 0.611. The van der Waals surface area contributed by atoms with Gasteiger partial charge in [0.15, 0.2) is 0 Å². The Balaban J connectivity index is 1.84. The van der Waals surface area contributed by atoms with Crippen LogP contribution in [-0.2, 0) is 9.53 Å². The summed E-state index contributed by atoms with van der Waals surface area (Å²) in [6, 6.07) is 11.8. The zero-order valence-electron chi connectivity index (χ0n) is 13.0. The Hall–Kier alpha value is -1.57. The maximum atomic E-state index is 11.7. The lowest BCUT2D eigenvalue weighted by Gasteiger charge is -2.49. The molecule has 1 aromatic rings. The number of ether oxygens (including phenoxy) is 1. The van der Waals surface area contributed by atoms with Gasteiger partial charge < -0.3 is 9.84 Å². The molecule has 1 aliphatic carbocycles. The van der Waals surface area contributed by atoms with E-state index in [0.29, 0.717) is 0 Å². The van der Waals surface area contributed by atoms with Crippen molar-refractivity contribution < 1.29 is 14.6 Å². The average molecular weight is 301 g/mol. The third kappa shape index (κ3) is 2.97. The van der Waals surface area contributed by atoms with E-state index in [1.165, 1.54) is 0 Å². The fourth-order valence-electron chi connectivity index (χ4n) is 3.98. The summed E-state index contributed by atoms with van der Waals surface area (Å²) in [4.78, 5) is 14.1. The maximum absolute atomic E-state index is 11.7. The Morgan fingerprint density at radius 2 is 2.23 bits per heavy atom. The second kappa shape index (κ2) is 6.28. The first kappa shape index (κ1) is 15.3. The number of rotatable bonds is 3. The molecule has 1 N–H and O–H groups in total. The number of nitrogens with zero attached hydrogens (tertiary/aromatic N) is 1. The Kier molecular flexibility index (Phi) is 4.37. The molecule has 3 atom stereocenters. The van der Waals surface area contributed by atoms with E-state index in [-0.39, 0.29) is 17.4 Å². The molecule has 0 bridgehead atoms. The molecule has 3 rings (SSSR count). The number of carboxylic acids is 1. The molecule has 4 nitrogen and oxygen atoms in total. The number of hydrogen-bond donors (Lipinski definition) is 1. The van der Waals surface area contributed by atoms with Crippen LogP contribution in [0.2, 0.25) is 0 Å². The molecule has 118 valence electrons. The molecule has 1 aliphatic heterocycles. The van der Waals surface area contributed by atoms with Gasteiger partial charge in [-0.3, -0.25) is 9.69 Å². The highest BCUT2D eigenvalue weighted by atomic mass is 16.5. The Labute approximate surface area is 132 Å². The molecule has 2 fully saturated rings. The van der Waals surface area contributed by atoms with E-state index in [0.717, 1.165) is 51.1 Å². The van der Waals surface area contributed by atoms with Crippen LogP contribution in [0.25, 0.3) is 0 Å². The first-order valence-corrected chi connectivity index (χ1v) is 8.04. The Morgan fingerprint density at radius 1 is 1.45 bits per heavy atom. The molecule has 1 aromatic carbocycles. The highest BCUT2D eigenvalue weighted by Crippen LogP contribution is 2.45. The van der Waals surface area contributed by atoms with Crippen molar-refractivity contribution in [2.24, 2.45) is 5.92 Å². The second-order valence-electron chi connectivity index (χ2n) is 6.64. The molecular weight excluding hydrogens is 278 g/mol. The minimum absolute atomic E-state index is 0.0107. The third-order valence-corrected chi connectivity index (χ3v) is 5.30. The molecule has 22 heavy (non-hydrogen) atoms. The molecule has 0 amide bonds. The van der Waals surface area contributed by atoms with E-state index in [1.807, 2.05) is 18.2 Å². The van der Waals surface area contributed by atoms with Gasteiger partial charge in [0, 0.05) is 30.1 Å². The standard InChI is InChI=1S/C18H23NO3/c1-18(19-9-11-22-12-10-19)8-7-15(17(20)21)16(13-18)14-5-3-2-4-6-14/h2-3,5,15-16H,7-13H2,1H3,(H,20,21)/t15-,16+,18?/m1/s1. The van der Waals surface area contributed by atoms with Crippen LogP contribution >= 0.6 is 0 Å². The molecule has 1 saturated carbocycles. The third-order valence-electron chi connectivity index (χ3n) is 5.30. The van der Waals surface area contributed by atoms with Gasteiger partial charge in [0.1, 0.15) is 0 Å². The summed E-state index contributed by atoms with van der Waals surface area (Å²) in [6.45, 7) is 5.69. The van der Waals surface area contributed by atoms with Crippen molar-refractivity contribution in [3.05, 3.63) is 35.9 Å². The van der Waals surface area contributed by atoms with Crippen LogP contribution in [0.5, 0.6) is 0 Å². The van der Waals surface area contributed by atoms with E-state index >= 15 is 0 Å². The SMILES string of the molecule is CC1(N2CCOCC2)CC[C@@H](C(=O)O)[C@H](c2c#cccc2)C1. The fourth-order valence-corrected chi connectivity index (χ4v) is 3.98. The lowest BCUT2D eigenvalue weighted by Crippen LogP contribution is -2.55. The van der Waals surface area contributed by atoms with Crippen molar-refractivity contribution in [1.82, 2.24) is 4.90 Å². The highest BCUT2D eigenvalue weighted by molar-refractivity contribution is 5.71. The van der Waals surface area contributed by atoms with E-state index in [2.05, 4.69) is 24.0 Å². The molecule has 1 saturated heterocycles. The minimum atomic E-state index is -0.689. The Bertz CT molecular complexity index is 512. The van der Waals surface area contributed by atoms with Crippen molar-refractivity contribution >= 4 is 5.97 Å². The van der Waals surface area contributed by atoms with Gasteiger partial charge in [-0.05, 0) is 38.3 Å². The zero-order chi connectivity index (χ0) is 15.6. The summed E-state index contributed by atoms with van der Waals surface area (Å²) in [5, 5.41) is 9.59. The number of aliphatic carboxylic acids is 1. The number of morpholine rings is 1. The first-order chi connectivity index (χ1) is 10.6. The maximum Gasteiger partial charge on any atom is 0.307 e. The molecule has 0 aromatic heterocycles. The predicted molar refractivity (Wildman–Crippen MR) is 82.6 cm³/mol. The zero-order valence-corrected chi connectivity index (χ0v) is 13.0. The van der Waals surface area contributed by atoms with Crippen molar-refractivity contribution in [3.8, 4) is 0 Å². The van der Waals surface area contributed by atoms with Crippen LogP contribution in [0, 0.1) is 18.1 Å². The normalized spacial score (nSPS) is 33.1. The van der Waals surface area contributed by atoms with Crippen molar-refractivity contribution in [2.45, 2.75) is 37.6 Å². The molecule has 2 aliphatic rings. The minimum Gasteiger partial charge on any atom is -0.481 e. The molecule has 1 unspecified atom stereocenters. The second-order valence-corrected chi connectivity index (χ2v) is 6.64. The lowest BCUT2D eigenvalue weighted by atomic mass is 9.67. The molecule has 1 heterocycles. The summed E-state index contributed by atoms with van der Waals surface area (Å²) in [5.41, 5.74) is 1.03. The van der Waals surface area contributed by atoms with E-state index in [9.17, 15) is 9.90 Å². The van der Waals surface area contributed by atoms with Gasteiger partial charge in [-0.25, -0.2) is 0 Å². The summed E-state index contributed by atoms with van der Waals surface area (Å²) >= 11 is 0. The van der Waals surface area contributed by atoms with Gasteiger partial charge in [0.05, 0.1) is 19.1 Å². The predicted octanol–water partition coefficient (Wildman–Crippen LogP) is 2.35.